The van der Waals surface area contributed by atoms with Gasteiger partial charge in [0, 0.05) is 0 Å². The van der Waals surface area contributed by atoms with Gasteiger partial charge in [-0.15, -0.1) is 0 Å². The van der Waals surface area contributed by atoms with Crippen molar-refractivity contribution in [2.45, 2.75) is 18.2 Å². The number of sulfonamides is 1. The zero-order valence-electron chi connectivity index (χ0n) is 12.9. The molecule has 2 aromatic rings. The molecule has 0 atom stereocenters. The van der Waals surface area contributed by atoms with Crippen LogP contribution in [0.2, 0.25) is 10.0 Å². The first kappa shape index (κ1) is 18.6. The molecule has 0 aliphatic heterocycles. The third-order valence-electron chi connectivity index (χ3n) is 3.41. The summed E-state index contributed by atoms with van der Waals surface area (Å²) in [5.74, 6) is -0.766. The molecule has 0 aromatic heterocycles. The molecule has 0 spiro atoms. The van der Waals surface area contributed by atoms with Crippen LogP contribution in [0.5, 0.6) is 0 Å². The Labute approximate surface area is 151 Å². The van der Waals surface area contributed by atoms with Crippen molar-refractivity contribution in [1.29, 1.82) is 0 Å². The number of aryl methyl sites for hydroxylation is 1. The highest BCUT2D eigenvalue weighted by atomic mass is 35.5. The standard InChI is InChI=1S/C16H16Cl2N2O3S/c1-2-11-3-5-12(6-4-11)20(10-16(19)21)24(22,23)13-7-8-14(17)15(18)9-13/h3-9H,2,10H2,1H3,(H2,19,21). The van der Waals surface area contributed by atoms with Gasteiger partial charge in [0.05, 0.1) is 20.6 Å². The molecule has 2 aromatic carbocycles. The molecule has 0 saturated heterocycles. The van der Waals surface area contributed by atoms with Gasteiger partial charge < -0.3 is 5.73 Å². The van der Waals surface area contributed by atoms with Gasteiger partial charge >= 0.3 is 0 Å². The van der Waals surface area contributed by atoms with Gasteiger partial charge in [-0.1, -0.05) is 42.3 Å². The average Bonchev–Trinajstić information content (AvgIpc) is 2.55. The van der Waals surface area contributed by atoms with E-state index in [4.69, 9.17) is 28.9 Å². The lowest BCUT2D eigenvalue weighted by Crippen LogP contribution is -2.38. The fourth-order valence-corrected chi connectivity index (χ4v) is 3.94. The first-order valence-corrected chi connectivity index (χ1v) is 9.30. The zero-order valence-corrected chi connectivity index (χ0v) is 15.2. The van der Waals surface area contributed by atoms with Crippen LogP contribution in [0.15, 0.2) is 47.4 Å². The molecule has 1 amide bonds. The second kappa shape index (κ2) is 7.42. The number of primary amides is 1. The van der Waals surface area contributed by atoms with E-state index in [0.29, 0.717) is 5.69 Å². The van der Waals surface area contributed by atoms with Crippen molar-refractivity contribution in [3.63, 3.8) is 0 Å². The quantitative estimate of drug-likeness (QED) is 0.826. The lowest BCUT2D eigenvalue weighted by molar-refractivity contribution is -0.116. The second-order valence-electron chi connectivity index (χ2n) is 5.07. The Morgan fingerprint density at radius 3 is 2.21 bits per heavy atom. The summed E-state index contributed by atoms with van der Waals surface area (Å²) < 4.78 is 26.8. The summed E-state index contributed by atoms with van der Waals surface area (Å²) in [6, 6.07) is 10.8. The maximum absolute atomic E-state index is 12.9. The number of hydrogen-bond donors (Lipinski definition) is 1. The second-order valence-corrected chi connectivity index (χ2v) is 7.75. The normalized spacial score (nSPS) is 11.3. The molecule has 2 rings (SSSR count). The fraction of sp³-hybridized carbons (Fsp3) is 0.188. The van der Waals surface area contributed by atoms with Crippen LogP contribution in [-0.2, 0) is 21.2 Å². The predicted molar refractivity (Wildman–Crippen MR) is 96.0 cm³/mol. The number of nitrogens with zero attached hydrogens (tertiary/aromatic N) is 1. The molecule has 0 saturated carbocycles. The van der Waals surface area contributed by atoms with Crippen LogP contribution in [0.4, 0.5) is 5.69 Å². The average molecular weight is 387 g/mol. The molecule has 0 bridgehead atoms. The van der Waals surface area contributed by atoms with E-state index in [1.54, 1.807) is 24.3 Å². The number of anilines is 1. The smallest absolute Gasteiger partial charge is 0.264 e. The Hall–Kier alpha value is -1.76. The minimum absolute atomic E-state index is 0.0716. The van der Waals surface area contributed by atoms with E-state index >= 15 is 0 Å². The first-order chi connectivity index (χ1) is 11.3. The molecule has 24 heavy (non-hydrogen) atoms. The third-order valence-corrected chi connectivity index (χ3v) is 5.92. The molecular weight excluding hydrogens is 371 g/mol. The number of benzene rings is 2. The maximum atomic E-state index is 12.9. The van der Waals surface area contributed by atoms with Crippen molar-refractivity contribution in [3.8, 4) is 0 Å². The molecule has 8 heteroatoms. The van der Waals surface area contributed by atoms with E-state index in [9.17, 15) is 13.2 Å². The molecule has 0 radical (unpaired) electrons. The number of carbonyl (C=O) groups excluding carboxylic acids is 1. The van der Waals surface area contributed by atoms with Crippen LogP contribution in [0.25, 0.3) is 0 Å². The number of nitrogens with two attached hydrogens (primary N) is 1. The van der Waals surface area contributed by atoms with Gasteiger partial charge in [-0.05, 0) is 42.3 Å². The highest BCUT2D eigenvalue weighted by molar-refractivity contribution is 7.92. The van der Waals surface area contributed by atoms with Crippen molar-refractivity contribution in [2.24, 2.45) is 5.73 Å². The fourth-order valence-electron chi connectivity index (χ4n) is 2.12. The zero-order chi connectivity index (χ0) is 17.9. The van der Waals surface area contributed by atoms with E-state index < -0.39 is 22.5 Å². The summed E-state index contributed by atoms with van der Waals surface area (Å²) in [4.78, 5) is 11.3. The monoisotopic (exact) mass is 386 g/mol. The van der Waals surface area contributed by atoms with Crippen molar-refractivity contribution < 1.29 is 13.2 Å². The Bertz CT molecular complexity index is 852. The van der Waals surface area contributed by atoms with E-state index in [2.05, 4.69) is 0 Å². The van der Waals surface area contributed by atoms with E-state index in [1.165, 1.54) is 18.2 Å². The topological polar surface area (TPSA) is 80.5 Å². The molecule has 128 valence electrons. The van der Waals surface area contributed by atoms with Crippen LogP contribution >= 0.6 is 23.2 Å². The summed E-state index contributed by atoms with van der Waals surface area (Å²) in [6.07, 6.45) is 0.815. The van der Waals surface area contributed by atoms with Crippen LogP contribution < -0.4 is 10.0 Å². The van der Waals surface area contributed by atoms with Gasteiger partial charge in [0.15, 0.2) is 0 Å². The van der Waals surface area contributed by atoms with Crippen LogP contribution in [0, 0.1) is 0 Å². The molecular formula is C16H16Cl2N2O3S. The first-order valence-electron chi connectivity index (χ1n) is 7.10. The summed E-state index contributed by atoms with van der Waals surface area (Å²) >= 11 is 11.7. The number of hydrogen-bond acceptors (Lipinski definition) is 3. The van der Waals surface area contributed by atoms with Gasteiger partial charge in [0.25, 0.3) is 10.0 Å². The van der Waals surface area contributed by atoms with E-state index in [-0.39, 0.29) is 14.9 Å². The molecule has 0 aliphatic rings. The minimum atomic E-state index is -4.02. The molecule has 0 unspecified atom stereocenters. The third kappa shape index (κ3) is 4.01. The van der Waals surface area contributed by atoms with Gasteiger partial charge in [-0.3, -0.25) is 9.10 Å². The maximum Gasteiger partial charge on any atom is 0.264 e. The van der Waals surface area contributed by atoms with E-state index in [1.807, 2.05) is 6.92 Å². The largest absolute Gasteiger partial charge is 0.368 e. The SMILES string of the molecule is CCc1ccc(N(CC(N)=O)S(=O)(=O)c2ccc(Cl)c(Cl)c2)cc1. The van der Waals surface area contributed by atoms with Crippen molar-refractivity contribution in [2.75, 3.05) is 10.8 Å². The van der Waals surface area contributed by atoms with Crippen LogP contribution in [0.1, 0.15) is 12.5 Å². The van der Waals surface area contributed by atoms with Crippen molar-refractivity contribution in [1.82, 2.24) is 0 Å². The molecule has 0 fully saturated rings. The minimum Gasteiger partial charge on any atom is -0.368 e. The van der Waals surface area contributed by atoms with Crippen molar-refractivity contribution >= 4 is 44.8 Å². The number of halogens is 2. The summed E-state index contributed by atoms with van der Waals surface area (Å²) in [5.41, 5.74) is 6.61. The van der Waals surface area contributed by atoms with Gasteiger partial charge in [0.2, 0.25) is 5.91 Å². The van der Waals surface area contributed by atoms with Gasteiger partial charge in [-0.25, -0.2) is 8.42 Å². The summed E-state index contributed by atoms with van der Waals surface area (Å²) in [5, 5.41) is 0.350. The predicted octanol–water partition coefficient (Wildman–Crippen LogP) is 3.24. The van der Waals surface area contributed by atoms with Crippen molar-refractivity contribution in [3.05, 3.63) is 58.1 Å². The van der Waals surface area contributed by atoms with E-state index in [0.717, 1.165) is 16.3 Å². The highest BCUT2D eigenvalue weighted by Crippen LogP contribution is 2.29. The number of rotatable bonds is 6. The summed E-state index contributed by atoms with van der Waals surface area (Å²) in [7, 11) is -4.02. The lowest BCUT2D eigenvalue weighted by atomic mass is 10.1. The Kier molecular flexibility index (Phi) is 5.74. The molecule has 0 heterocycles. The Morgan fingerprint density at radius 1 is 1.08 bits per heavy atom. The van der Waals surface area contributed by atoms with Gasteiger partial charge in [0.1, 0.15) is 6.54 Å². The Balaban J connectivity index is 2.52. The van der Waals surface area contributed by atoms with Crippen LogP contribution in [0.3, 0.4) is 0 Å². The van der Waals surface area contributed by atoms with Crippen LogP contribution in [-0.4, -0.2) is 20.9 Å². The van der Waals surface area contributed by atoms with Gasteiger partial charge in [-0.2, -0.15) is 0 Å². The molecule has 5 nitrogen and oxygen atoms in total. The summed E-state index contributed by atoms with van der Waals surface area (Å²) in [6.45, 7) is 1.51. The number of amides is 1. The number of carbonyl (C=O) groups is 1. The highest BCUT2D eigenvalue weighted by Gasteiger charge is 2.27. The Morgan fingerprint density at radius 2 is 1.71 bits per heavy atom. The molecule has 0 aliphatic carbocycles. The lowest BCUT2D eigenvalue weighted by Gasteiger charge is -2.23. The molecule has 2 N–H and O–H groups in total.